The normalized spacial score (nSPS) is 22.6. The van der Waals surface area contributed by atoms with Crippen LogP contribution in [0.3, 0.4) is 0 Å². The summed E-state index contributed by atoms with van der Waals surface area (Å²) in [7, 11) is 1.91. The summed E-state index contributed by atoms with van der Waals surface area (Å²) in [5, 5.41) is 14.4. The summed E-state index contributed by atoms with van der Waals surface area (Å²) in [5.41, 5.74) is 1.17. The molecular weight excluding hydrogens is 242 g/mol. The van der Waals surface area contributed by atoms with Crippen molar-refractivity contribution in [3.8, 4) is 0 Å². The molecular formula is C14H25N3O2. The van der Waals surface area contributed by atoms with E-state index in [0.29, 0.717) is 0 Å². The van der Waals surface area contributed by atoms with Crippen LogP contribution in [0.2, 0.25) is 0 Å². The largest absolute Gasteiger partial charge is 0.390 e. The first-order valence-corrected chi connectivity index (χ1v) is 7.18. The Morgan fingerprint density at radius 2 is 2.42 bits per heavy atom. The highest BCUT2D eigenvalue weighted by Crippen LogP contribution is 2.14. The Kier molecular flexibility index (Phi) is 5.36. The highest BCUT2D eigenvalue weighted by Gasteiger charge is 2.26. The fourth-order valence-electron chi connectivity index (χ4n) is 2.59. The molecule has 1 aliphatic heterocycles. The lowest BCUT2D eigenvalue weighted by molar-refractivity contribution is -0.0900. The van der Waals surface area contributed by atoms with Crippen LogP contribution in [0, 0.1) is 0 Å². The Bertz CT molecular complexity index is 379. The molecule has 0 aromatic carbocycles. The molecule has 108 valence electrons. The summed E-state index contributed by atoms with van der Waals surface area (Å²) in [6.45, 7) is 5.84. The van der Waals surface area contributed by atoms with E-state index in [1.54, 1.807) is 4.68 Å². The zero-order chi connectivity index (χ0) is 13.7. The Hall–Kier alpha value is -0.910. The van der Waals surface area contributed by atoms with Crippen molar-refractivity contribution < 1.29 is 9.84 Å². The molecule has 0 bridgehead atoms. The van der Waals surface area contributed by atoms with Crippen LogP contribution in [-0.4, -0.2) is 58.2 Å². The molecule has 2 unspecified atom stereocenters. The molecule has 1 aromatic rings. The molecule has 5 nitrogen and oxygen atoms in total. The van der Waals surface area contributed by atoms with Gasteiger partial charge in [-0.15, -0.1) is 0 Å². The summed E-state index contributed by atoms with van der Waals surface area (Å²) in [6, 6.07) is 0. The number of ether oxygens (including phenoxy) is 1. The van der Waals surface area contributed by atoms with E-state index in [-0.39, 0.29) is 12.2 Å². The number of rotatable bonds is 6. The minimum atomic E-state index is -0.389. The van der Waals surface area contributed by atoms with Gasteiger partial charge in [-0.05, 0) is 31.4 Å². The highest BCUT2D eigenvalue weighted by molar-refractivity contribution is 5.04. The van der Waals surface area contributed by atoms with E-state index in [9.17, 15) is 5.11 Å². The van der Waals surface area contributed by atoms with E-state index < -0.39 is 0 Å². The summed E-state index contributed by atoms with van der Waals surface area (Å²) in [6.07, 6.45) is 6.16. The molecule has 0 amide bonds. The standard InChI is InChI=1S/C14H25N3O2/c1-3-6-17-7-8-19-14(11-17)13(18)5-4-12-9-15-16(2)10-12/h9-10,13-14,18H,3-8,11H2,1-2H3. The maximum absolute atomic E-state index is 10.2. The van der Waals surface area contributed by atoms with Crippen LogP contribution in [0.1, 0.15) is 25.3 Å². The van der Waals surface area contributed by atoms with Crippen molar-refractivity contribution in [3.63, 3.8) is 0 Å². The molecule has 5 heteroatoms. The first kappa shape index (κ1) is 14.5. The van der Waals surface area contributed by atoms with Crippen molar-refractivity contribution in [2.75, 3.05) is 26.2 Å². The number of morpholine rings is 1. The number of aryl methyl sites for hydroxylation is 2. The number of aliphatic hydroxyl groups is 1. The molecule has 0 saturated carbocycles. The molecule has 0 aliphatic carbocycles. The summed E-state index contributed by atoms with van der Waals surface area (Å²) in [5.74, 6) is 0. The van der Waals surface area contributed by atoms with Crippen LogP contribution in [-0.2, 0) is 18.2 Å². The quantitative estimate of drug-likeness (QED) is 0.829. The van der Waals surface area contributed by atoms with Crippen molar-refractivity contribution in [2.24, 2.45) is 7.05 Å². The van der Waals surface area contributed by atoms with Crippen LogP contribution in [0.4, 0.5) is 0 Å². The van der Waals surface area contributed by atoms with Gasteiger partial charge in [-0.25, -0.2) is 0 Å². The van der Waals surface area contributed by atoms with Crippen LogP contribution < -0.4 is 0 Å². The van der Waals surface area contributed by atoms with E-state index in [2.05, 4.69) is 16.9 Å². The second-order valence-corrected chi connectivity index (χ2v) is 5.34. The third-order valence-corrected chi connectivity index (χ3v) is 3.63. The summed E-state index contributed by atoms with van der Waals surface area (Å²) < 4.78 is 7.49. The number of aromatic nitrogens is 2. The van der Waals surface area contributed by atoms with Crippen LogP contribution in [0.15, 0.2) is 12.4 Å². The van der Waals surface area contributed by atoms with E-state index in [1.807, 2.05) is 19.4 Å². The maximum atomic E-state index is 10.2. The van der Waals surface area contributed by atoms with Gasteiger partial charge in [0.2, 0.25) is 0 Å². The molecule has 1 aliphatic rings. The van der Waals surface area contributed by atoms with Gasteiger partial charge in [0, 0.05) is 26.3 Å². The van der Waals surface area contributed by atoms with Gasteiger partial charge in [0.05, 0.1) is 25.0 Å². The molecule has 19 heavy (non-hydrogen) atoms. The van der Waals surface area contributed by atoms with Gasteiger partial charge in [0.15, 0.2) is 0 Å². The van der Waals surface area contributed by atoms with Crippen molar-refractivity contribution >= 4 is 0 Å². The lowest BCUT2D eigenvalue weighted by Crippen LogP contribution is -2.47. The summed E-state index contributed by atoms with van der Waals surface area (Å²) in [4.78, 5) is 2.38. The number of hydrogen-bond acceptors (Lipinski definition) is 4. The second kappa shape index (κ2) is 7.03. The fourth-order valence-corrected chi connectivity index (χ4v) is 2.59. The van der Waals surface area contributed by atoms with Crippen molar-refractivity contribution in [1.29, 1.82) is 0 Å². The summed E-state index contributed by atoms with van der Waals surface area (Å²) >= 11 is 0. The number of nitrogens with zero attached hydrogens (tertiary/aromatic N) is 3. The van der Waals surface area contributed by atoms with Crippen molar-refractivity contribution in [2.45, 2.75) is 38.4 Å². The van der Waals surface area contributed by atoms with E-state index in [4.69, 9.17) is 4.74 Å². The van der Waals surface area contributed by atoms with Gasteiger partial charge in [0.1, 0.15) is 0 Å². The molecule has 2 rings (SSSR count). The molecule has 1 fully saturated rings. The topological polar surface area (TPSA) is 50.5 Å². The molecule has 0 radical (unpaired) electrons. The van der Waals surface area contributed by atoms with Crippen LogP contribution >= 0.6 is 0 Å². The van der Waals surface area contributed by atoms with Crippen molar-refractivity contribution in [1.82, 2.24) is 14.7 Å². The Labute approximate surface area is 115 Å². The SMILES string of the molecule is CCCN1CCOC(C(O)CCc2cnn(C)c2)C1. The zero-order valence-electron chi connectivity index (χ0n) is 12.0. The first-order valence-electron chi connectivity index (χ1n) is 7.18. The second-order valence-electron chi connectivity index (χ2n) is 5.34. The Balaban J connectivity index is 1.77. The minimum Gasteiger partial charge on any atom is -0.390 e. The third-order valence-electron chi connectivity index (χ3n) is 3.63. The van der Waals surface area contributed by atoms with Gasteiger partial charge in [-0.2, -0.15) is 5.10 Å². The Morgan fingerprint density at radius 3 is 3.11 bits per heavy atom. The number of hydrogen-bond donors (Lipinski definition) is 1. The Morgan fingerprint density at radius 1 is 1.58 bits per heavy atom. The van der Waals surface area contributed by atoms with Gasteiger partial charge < -0.3 is 9.84 Å². The van der Waals surface area contributed by atoms with Crippen molar-refractivity contribution in [3.05, 3.63) is 18.0 Å². The average molecular weight is 267 g/mol. The molecule has 2 atom stereocenters. The smallest absolute Gasteiger partial charge is 0.0961 e. The van der Waals surface area contributed by atoms with E-state index in [1.165, 1.54) is 5.56 Å². The zero-order valence-corrected chi connectivity index (χ0v) is 12.0. The van der Waals surface area contributed by atoms with Gasteiger partial charge >= 0.3 is 0 Å². The van der Waals surface area contributed by atoms with Gasteiger partial charge in [-0.3, -0.25) is 9.58 Å². The van der Waals surface area contributed by atoms with E-state index >= 15 is 0 Å². The maximum Gasteiger partial charge on any atom is 0.0961 e. The monoisotopic (exact) mass is 267 g/mol. The molecule has 2 heterocycles. The van der Waals surface area contributed by atoms with Crippen LogP contribution in [0.25, 0.3) is 0 Å². The van der Waals surface area contributed by atoms with Gasteiger partial charge in [-0.1, -0.05) is 6.92 Å². The lowest BCUT2D eigenvalue weighted by atomic mass is 10.0. The molecule has 1 N–H and O–H groups in total. The lowest BCUT2D eigenvalue weighted by Gasteiger charge is -2.35. The molecule has 0 spiro atoms. The number of aliphatic hydroxyl groups excluding tert-OH is 1. The molecule has 1 saturated heterocycles. The predicted molar refractivity (Wildman–Crippen MR) is 74.0 cm³/mol. The average Bonchev–Trinajstić information content (AvgIpc) is 2.82. The van der Waals surface area contributed by atoms with Gasteiger partial charge in [0.25, 0.3) is 0 Å². The third kappa shape index (κ3) is 4.30. The minimum absolute atomic E-state index is 0.0445. The van der Waals surface area contributed by atoms with Crippen LogP contribution in [0.5, 0.6) is 0 Å². The van der Waals surface area contributed by atoms with E-state index in [0.717, 1.165) is 45.5 Å². The predicted octanol–water partition coefficient (Wildman–Crippen LogP) is 0.824. The fraction of sp³-hybridized carbons (Fsp3) is 0.786. The first-order chi connectivity index (χ1) is 9.19. The highest BCUT2D eigenvalue weighted by atomic mass is 16.5. The molecule has 1 aromatic heterocycles.